The molecule has 4 rings (SSSR count). The minimum atomic E-state index is 0.661. The van der Waals surface area contributed by atoms with E-state index in [1.165, 1.54) is 11.3 Å². The number of hydrogen-bond acceptors (Lipinski definition) is 7. The van der Waals surface area contributed by atoms with Gasteiger partial charge in [-0.1, -0.05) is 16.5 Å². The van der Waals surface area contributed by atoms with Gasteiger partial charge < -0.3 is 8.94 Å². The Morgan fingerprint density at radius 1 is 1.25 bits per heavy atom. The standard InChI is InChI=1S/C12H9N5O2S/c1-6-5-9(16-19-6)11-15-17-10(13-14-12(17)20-11)8-3-4-18-7(8)2/h3-5H,1-2H3. The largest absolute Gasteiger partial charge is 0.469 e. The van der Waals surface area contributed by atoms with E-state index in [1.807, 2.05) is 26.0 Å². The van der Waals surface area contributed by atoms with Gasteiger partial charge in [-0.15, -0.1) is 10.2 Å². The minimum absolute atomic E-state index is 0.661. The van der Waals surface area contributed by atoms with E-state index >= 15 is 0 Å². The number of furan rings is 1. The molecule has 100 valence electrons. The van der Waals surface area contributed by atoms with E-state index in [2.05, 4.69) is 20.5 Å². The smallest absolute Gasteiger partial charge is 0.235 e. The van der Waals surface area contributed by atoms with Crippen molar-refractivity contribution in [3.63, 3.8) is 0 Å². The summed E-state index contributed by atoms with van der Waals surface area (Å²) < 4.78 is 12.1. The average molecular weight is 287 g/mol. The van der Waals surface area contributed by atoms with Gasteiger partial charge in [-0.25, -0.2) is 0 Å². The normalized spacial score (nSPS) is 11.5. The molecule has 0 saturated carbocycles. The van der Waals surface area contributed by atoms with Gasteiger partial charge in [0.05, 0.1) is 11.8 Å². The Balaban J connectivity index is 1.89. The van der Waals surface area contributed by atoms with E-state index in [4.69, 9.17) is 8.94 Å². The van der Waals surface area contributed by atoms with Gasteiger partial charge in [0, 0.05) is 6.07 Å². The molecule has 0 fully saturated rings. The van der Waals surface area contributed by atoms with Gasteiger partial charge in [0.25, 0.3) is 0 Å². The molecule has 0 radical (unpaired) electrons. The minimum Gasteiger partial charge on any atom is -0.469 e. The second kappa shape index (κ2) is 4.01. The third-order valence-corrected chi connectivity index (χ3v) is 3.86. The fraction of sp³-hybridized carbons (Fsp3) is 0.167. The van der Waals surface area contributed by atoms with Crippen LogP contribution in [0.5, 0.6) is 0 Å². The van der Waals surface area contributed by atoms with Crippen molar-refractivity contribution in [2.24, 2.45) is 0 Å². The summed E-state index contributed by atoms with van der Waals surface area (Å²) in [4.78, 5) is 0.705. The van der Waals surface area contributed by atoms with E-state index < -0.39 is 0 Å². The first-order valence-electron chi connectivity index (χ1n) is 5.93. The van der Waals surface area contributed by atoms with Gasteiger partial charge in [-0.2, -0.15) is 9.61 Å². The molecule has 4 aromatic rings. The Morgan fingerprint density at radius 3 is 2.85 bits per heavy atom. The molecule has 0 aliphatic carbocycles. The summed E-state index contributed by atoms with van der Waals surface area (Å²) in [6.45, 7) is 3.72. The predicted molar refractivity (Wildman–Crippen MR) is 71.3 cm³/mol. The van der Waals surface area contributed by atoms with Crippen molar-refractivity contribution in [3.8, 4) is 22.1 Å². The van der Waals surface area contributed by atoms with Crippen LogP contribution in [0.25, 0.3) is 27.1 Å². The molecule has 0 amide bonds. The Bertz CT molecular complexity index is 900. The van der Waals surface area contributed by atoms with E-state index in [1.54, 1.807) is 10.8 Å². The zero-order valence-electron chi connectivity index (χ0n) is 10.7. The highest BCUT2D eigenvalue weighted by Gasteiger charge is 2.18. The number of aromatic nitrogens is 5. The molecule has 0 bridgehead atoms. The van der Waals surface area contributed by atoms with Crippen LogP contribution >= 0.6 is 11.3 Å². The van der Waals surface area contributed by atoms with Crippen LogP contribution < -0.4 is 0 Å². The third-order valence-electron chi connectivity index (χ3n) is 2.94. The van der Waals surface area contributed by atoms with Crippen LogP contribution in [0.3, 0.4) is 0 Å². The first-order chi connectivity index (χ1) is 9.72. The molecule has 0 aliphatic heterocycles. The molecule has 4 aromatic heterocycles. The summed E-state index contributed by atoms with van der Waals surface area (Å²) in [6.07, 6.45) is 1.63. The first-order valence-corrected chi connectivity index (χ1v) is 6.74. The van der Waals surface area contributed by atoms with Crippen molar-refractivity contribution in [1.29, 1.82) is 0 Å². The number of hydrogen-bond donors (Lipinski definition) is 0. The second-order valence-electron chi connectivity index (χ2n) is 4.34. The molecular weight excluding hydrogens is 278 g/mol. The van der Waals surface area contributed by atoms with Gasteiger partial charge in [0.15, 0.2) is 10.8 Å². The van der Waals surface area contributed by atoms with E-state index in [9.17, 15) is 0 Å². The Kier molecular flexibility index (Phi) is 2.27. The van der Waals surface area contributed by atoms with Crippen LogP contribution in [0.4, 0.5) is 0 Å². The lowest BCUT2D eigenvalue weighted by Gasteiger charge is -1.92. The highest BCUT2D eigenvalue weighted by Crippen LogP contribution is 2.29. The van der Waals surface area contributed by atoms with Gasteiger partial charge in [0.1, 0.15) is 17.2 Å². The molecule has 0 saturated heterocycles. The Morgan fingerprint density at radius 2 is 2.15 bits per heavy atom. The van der Waals surface area contributed by atoms with Crippen LogP contribution in [0.2, 0.25) is 0 Å². The zero-order chi connectivity index (χ0) is 13.7. The summed E-state index contributed by atoms with van der Waals surface area (Å²) in [5.74, 6) is 2.19. The number of aryl methyl sites for hydroxylation is 2. The van der Waals surface area contributed by atoms with E-state index in [0.717, 1.165) is 22.1 Å². The summed E-state index contributed by atoms with van der Waals surface area (Å²) in [6, 6.07) is 3.69. The topological polar surface area (TPSA) is 82.2 Å². The van der Waals surface area contributed by atoms with Crippen molar-refractivity contribution in [2.45, 2.75) is 13.8 Å². The Hall–Kier alpha value is -2.48. The maximum absolute atomic E-state index is 5.30. The van der Waals surface area contributed by atoms with Crippen molar-refractivity contribution in [3.05, 3.63) is 29.9 Å². The number of nitrogens with zero attached hydrogens (tertiary/aromatic N) is 5. The van der Waals surface area contributed by atoms with E-state index in [0.29, 0.717) is 16.5 Å². The van der Waals surface area contributed by atoms with Crippen molar-refractivity contribution in [1.82, 2.24) is 25.0 Å². The molecule has 0 aromatic carbocycles. The summed E-state index contributed by atoms with van der Waals surface area (Å²) in [7, 11) is 0. The number of rotatable bonds is 2. The van der Waals surface area contributed by atoms with Crippen LogP contribution in [0.15, 0.2) is 27.3 Å². The quantitative estimate of drug-likeness (QED) is 0.563. The molecule has 0 atom stereocenters. The third kappa shape index (κ3) is 1.58. The summed E-state index contributed by atoms with van der Waals surface area (Å²) in [5.41, 5.74) is 1.58. The molecule has 20 heavy (non-hydrogen) atoms. The van der Waals surface area contributed by atoms with E-state index in [-0.39, 0.29) is 0 Å². The fourth-order valence-electron chi connectivity index (χ4n) is 1.97. The molecule has 8 heteroatoms. The zero-order valence-corrected chi connectivity index (χ0v) is 11.5. The van der Waals surface area contributed by atoms with Crippen LogP contribution in [0, 0.1) is 13.8 Å². The molecule has 0 aliphatic rings. The lowest BCUT2D eigenvalue weighted by molar-refractivity contribution is 0.399. The lowest BCUT2D eigenvalue weighted by atomic mass is 10.2. The van der Waals surface area contributed by atoms with Crippen molar-refractivity contribution >= 4 is 16.3 Å². The predicted octanol–water partition coefficient (Wildman–Crippen LogP) is 2.72. The van der Waals surface area contributed by atoms with Crippen LogP contribution in [-0.2, 0) is 0 Å². The maximum Gasteiger partial charge on any atom is 0.235 e. The average Bonchev–Trinajstić information content (AvgIpc) is 3.12. The van der Waals surface area contributed by atoms with Gasteiger partial charge in [-0.05, 0) is 19.9 Å². The van der Waals surface area contributed by atoms with Crippen LogP contribution in [0.1, 0.15) is 11.5 Å². The molecule has 0 N–H and O–H groups in total. The molecular formula is C12H9N5O2S. The monoisotopic (exact) mass is 287 g/mol. The van der Waals surface area contributed by atoms with Crippen molar-refractivity contribution in [2.75, 3.05) is 0 Å². The molecule has 0 spiro atoms. The molecule has 7 nitrogen and oxygen atoms in total. The molecule has 4 heterocycles. The van der Waals surface area contributed by atoms with Gasteiger partial charge in [-0.3, -0.25) is 0 Å². The molecule has 0 unspecified atom stereocenters. The second-order valence-corrected chi connectivity index (χ2v) is 5.29. The summed E-state index contributed by atoms with van der Waals surface area (Å²) >= 11 is 1.41. The van der Waals surface area contributed by atoms with Crippen LogP contribution in [-0.4, -0.2) is 25.0 Å². The summed E-state index contributed by atoms with van der Waals surface area (Å²) in [5, 5.41) is 17.5. The van der Waals surface area contributed by atoms with Crippen molar-refractivity contribution < 1.29 is 8.94 Å². The fourth-order valence-corrected chi connectivity index (χ4v) is 2.76. The lowest BCUT2D eigenvalue weighted by Crippen LogP contribution is -1.91. The first kappa shape index (κ1) is 11.4. The van der Waals surface area contributed by atoms with Gasteiger partial charge >= 0.3 is 0 Å². The highest BCUT2D eigenvalue weighted by atomic mass is 32.1. The van der Waals surface area contributed by atoms with Gasteiger partial charge in [0.2, 0.25) is 4.96 Å². The Labute approximate surface area is 116 Å². The number of fused-ring (bicyclic) bond motifs is 1. The maximum atomic E-state index is 5.30. The SMILES string of the molecule is Cc1cc(-c2nn3c(-c4ccoc4C)nnc3s2)no1. The highest BCUT2D eigenvalue weighted by molar-refractivity contribution is 7.19.